The molecule has 0 atom stereocenters. The third kappa shape index (κ3) is 14.1. The summed E-state index contributed by atoms with van der Waals surface area (Å²) in [5, 5.41) is 16.5. The second kappa shape index (κ2) is 34.8. The standard InChI is InChI=1S/C54H37N3O.C42H28N2O.C40H23NO/c1-6-19-40(20-7-1)55(41-21-8-2-9-22-41)45-33-38(34-46(37-45)56(42-23-10-3-11-24-42)43-25-12-4-13-26-43)39-35-50-54-52(36-39)58-51-32-17-16-29-47(51)48-30-18-31-49(53(48)54)57(50)44-27-14-5-15-28-44;1-4-12-29(13-5-1)30-22-24-33(25-23-30)43(31-14-6-2-7-15-31)34-26-27-39-36(28-34)35-18-10-19-37-41(35)42-38(20-11-21-40(42)45-39)44(37)32-16-8-3-9-17-32;1-2-12-28-27(11-1)31-15-6-14-30-26(21-22-33(28)38(30)31)24-9-5-10-25(23-24)41-34-17-7-16-32-29-13-3-4-19-36(29)42-37-20-8-18-35(41)40(37)39(32)34/h1-37H;1-28H;1-23H. The molecule has 145 heavy (non-hydrogen) atoms. The fraction of sp³-hybridized carbons (Fsp3) is 0. The van der Waals surface area contributed by atoms with Crippen LogP contribution in [0.15, 0.2) is 547 Å². The van der Waals surface area contributed by atoms with Crippen LogP contribution < -0.4 is 14.7 Å². The van der Waals surface area contributed by atoms with E-state index in [1.807, 2.05) is 6.07 Å². The molecule has 0 radical (unpaired) electrons. The highest BCUT2D eigenvalue weighted by Crippen LogP contribution is 2.53. The van der Waals surface area contributed by atoms with Crippen LogP contribution in [0.1, 0.15) is 0 Å². The normalized spacial score (nSPS) is 11.7. The first-order valence-electron chi connectivity index (χ1n) is 49.4. The molecule has 9 heteroatoms. The number of nitrogens with zero attached hydrogens (tertiary/aromatic N) is 6. The van der Waals surface area contributed by atoms with Gasteiger partial charge >= 0.3 is 0 Å². The van der Waals surface area contributed by atoms with Crippen molar-refractivity contribution >= 4 is 193 Å². The minimum absolute atomic E-state index is 0.836. The van der Waals surface area contributed by atoms with Crippen molar-refractivity contribution in [1.29, 1.82) is 0 Å². The zero-order chi connectivity index (χ0) is 95.5. The molecule has 680 valence electrons. The fourth-order valence-electron chi connectivity index (χ4n) is 22.8. The third-order valence-corrected chi connectivity index (χ3v) is 29.0. The SMILES string of the molecule is c1cc(-c2ccc3c4c(cccc24)-c2ccccc2-3)cc(-n2c3cccc4oc5ccccc5c5cccc2c5c43)c1.c1ccc(-c2ccc(N(c3ccccc3)c3ccc4oc5cccc6c5c5c(cccc5n6-c5ccccc5)c4c3)cc2)cc1.c1ccc(N(c2ccccc2)c2cc(-c3cc4oc5ccccc5c5cccc6c5c4c(c3)n6-c3ccccc3)cc(N(c3ccccc3)c3ccccc3)c2)cc1. The molecule has 6 heterocycles. The van der Waals surface area contributed by atoms with E-state index in [0.717, 1.165) is 167 Å². The third-order valence-electron chi connectivity index (χ3n) is 29.0. The van der Waals surface area contributed by atoms with Crippen molar-refractivity contribution in [2.24, 2.45) is 0 Å². The van der Waals surface area contributed by atoms with Crippen molar-refractivity contribution in [3.05, 3.63) is 534 Å². The Balaban J connectivity index is 0.000000107. The van der Waals surface area contributed by atoms with E-state index in [2.05, 4.69) is 556 Å². The van der Waals surface area contributed by atoms with E-state index in [1.165, 1.54) is 98.6 Å². The minimum atomic E-state index is 0.836. The zero-order valence-corrected chi connectivity index (χ0v) is 78.7. The first-order valence-corrected chi connectivity index (χ1v) is 49.4. The lowest BCUT2D eigenvalue weighted by atomic mass is 9.94. The van der Waals surface area contributed by atoms with Crippen LogP contribution in [0, 0.1) is 0 Å². The molecule has 9 nitrogen and oxygen atoms in total. The fourth-order valence-corrected chi connectivity index (χ4v) is 22.8. The van der Waals surface area contributed by atoms with Gasteiger partial charge in [0.25, 0.3) is 0 Å². The summed E-state index contributed by atoms with van der Waals surface area (Å²) in [6, 6.07) is 190. The summed E-state index contributed by atoms with van der Waals surface area (Å²) >= 11 is 0. The molecule has 29 aromatic rings. The lowest BCUT2D eigenvalue weighted by Crippen LogP contribution is -2.13. The van der Waals surface area contributed by atoms with Crippen LogP contribution in [-0.4, -0.2) is 13.7 Å². The first-order chi connectivity index (χ1) is 72.0. The van der Waals surface area contributed by atoms with Gasteiger partial charge in [0.2, 0.25) is 0 Å². The number of hydrogen-bond donors (Lipinski definition) is 0. The van der Waals surface area contributed by atoms with Crippen molar-refractivity contribution in [2.45, 2.75) is 0 Å². The molecule has 0 bridgehead atoms. The monoisotopic (exact) mass is 1850 g/mol. The minimum Gasteiger partial charge on any atom is -0.456 e. The lowest BCUT2D eigenvalue weighted by Gasteiger charge is -2.30. The molecular weight excluding hydrogens is 1770 g/mol. The van der Waals surface area contributed by atoms with Crippen molar-refractivity contribution in [2.75, 3.05) is 14.7 Å². The molecule has 30 rings (SSSR count). The van der Waals surface area contributed by atoms with Crippen LogP contribution in [0.3, 0.4) is 0 Å². The van der Waals surface area contributed by atoms with Crippen LogP contribution in [0.2, 0.25) is 0 Å². The maximum Gasteiger partial charge on any atom is 0.138 e. The number of hydrogen-bond acceptors (Lipinski definition) is 6. The Bertz CT molecular complexity index is 9860. The summed E-state index contributed by atoms with van der Waals surface area (Å²) < 4.78 is 27.5. The van der Waals surface area contributed by atoms with Crippen LogP contribution in [0.4, 0.5) is 51.2 Å². The molecule has 6 aromatic heterocycles. The predicted molar refractivity (Wildman–Crippen MR) is 606 cm³/mol. The Morgan fingerprint density at radius 3 is 0.959 bits per heavy atom. The second-order valence-electron chi connectivity index (χ2n) is 37.2. The maximum absolute atomic E-state index is 7.03. The Hall–Kier alpha value is -19.5. The number of anilines is 9. The summed E-state index contributed by atoms with van der Waals surface area (Å²) in [6.07, 6.45) is 0. The number of benzene rings is 23. The Kier molecular flexibility index (Phi) is 20.1. The molecule has 1 aliphatic carbocycles. The molecule has 0 saturated carbocycles. The number of para-hydroxylation sites is 9. The first kappa shape index (κ1) is 83.7. The largest absolute Gasteiger partial charge is 0.456 e. The van der Waals surface area contributed by atoms with Crippen LogP contribution in [-0.2, 0) is 0 Å². The van der Waals surface area contributed by atoms with Crippen molar-refractivity contribution in [1.82, 2.24) is 13.7 Å². The van der Waals surface area contributed by atoms with Gasteiger partial charge in [-0.05, 0) is 295 Å². The molecule has 0 N–H and O–H groups in total. The summed E-state index contributed by atoms with van der Waals surface area (Å²) in [4.78, 5) is 7.00. The second-order valence-corrected chi connectivity index (χ2v) is 37.2. The van der Waals surface area contributed by atoms with Gasteiger partial charge < -0.3 is 41.7 Å². The quantitative estimate of drug-likeness (QED) is 0.102. The molecule has 0 aliphatic heterocycles. The van der Waals surface area contributed by atoms with E-state index in [1.54, 1.807) is 0 Å². The van der Waals surface area contributed by atoms with E-state index in [0.29, 0.717) is 0 Å². The van der Waals surface area contributed by atoms with Gasteiger partial charge in [-0.3, -0.25) is 0 Å². The molecule has 0 fully saturated rings. The number of aromatic nitrogens is 3. The molecule has 0 unspecified atom stereocenters. The highest BCUT2D eigenvalue weighted by molar-refractivity contribution is 6.30. The van der Waals surface area contributed by atoms with Gasteiger partial charge in [0, 0.05) is 101 Å². The van der Waals surface area contributed by atoms with Crippen LogP contribution >= 0.6 is 0 Å². The van der Waals surface area contributed by atoms with Crippen molar-refractivity contribution in [3.63, 3.8) is 0 Å². The Labute approximate surface area is 835 Å². The van der Waals surface area contributed by atoms with Gasteiger partial charge in [0.15, 0.2) is 0 Å². The van der Waals surface area contributed by atoms with E-state index >= 15 is 0 Å². The predicted octanol–water partition coefficient (Wildman–Crippen LogP) is 38.3. The highest BCUT2D eigenvalue weighted by atomic mass is 16.3. The number of fused-ring (bicyclic) bond motifs is 9. The molecular formula is C136H88N6O3. The van der Waals surface area contributed by atoms with E-state index < -0.39 is 0 Å². The summed E-state index contributed by atoms with van der Waals surface area (Å²) in [5.41, 5.74) is 37.4. The van der Waals surface area contributed by atoms with E-state index in [4.69, 9.17) is 13.3 Å². The van der Waals surface area contributed by atoms with Gasteiger partial charge in [-0.25, -0.2) is 0 Å². The zero-order valence-electron chi connectivity index (χ0n) is 78.7. The number of rotatable bonds is 15. The average molecular weight is 1850 g/mol. The van der Waals surface area contributed by atoms with E-state index in [-0.39, 0.29) is 0 Å². The van der Waals surface area contributed by atoms with Gasteiger partial charge in [0.1, 0.15) is 33.5 Å². The highest BCUT2D eigenvalue weighted by Gasteiger charge is 2.29. The molecule has 0 spiro atoms. The molecule has 0 amide bonds. The van der Waals surface area contributed by atoms with Gasteiger partial charge in [-0.2, -0.15) is 0 Å². The van der Waals surface area contributed by atoms with Crippen molar-refractivity contribution in [3.8, 4) is 72.7 Å². The van der Waals surface area contributed by atoms with E-state index in [9.17, 15) is 0 Å². The molecule has 0 saturated heterocycles. The van der Waals surface area contributed by atoms with Crippen molar-refractivity contribution < 1.29 is 13.3 Å². The van der Waals surface area contributed by atoms with Gasteiger partial charge in [-0.1, -0.05) is 322 Å². The molecule has 23 aromatic carbocycles. The summed E-state index contributed by atoms with van der Waals surface area (Å²) in [7, 11) is 0. The molecule has 1 aliphatic rings. The summed E-state index contributed by atoms with van der Waals surface area (Å²) in [5.74, 6) is 0. The smallest absolute Gasteiger partial charge is 0.138 e. The Morgan fingerprint density at radius 2 is 0.448 bits per heavy atom. The lowest BCUT2D eigenvalue weighted by molar-refractivity contribution is 0.663. The average Bonchev–Trinajstić information content (AvgIpc) is 1.55. The summed E-state index contributed by atoms with van der Waals surface area (Å²) in [6.45, 7) is 0. The topological polar surface area (TPSA) is 63.9 Å². The maximum atomic E-state index is 7.03. The Morgan fingerprint density at radius 1 is 0.131 bits per heavy atom. The van der Waals surface area contributed by atoms with Gasteiger partial charge in [0.05, 0.1) is 49.3 Å². The van der Waals surface area contributed by atoms with Crippen LogP contribution in [0.25, 0.3) is 215 Å². The van der Waals surface area contributed by atoms with Gasteiger partial charge in [-0.15, -0.1) is 0 Å². The van der Waals surface area contributed by atoms with Crippen LogP contribution in [0.5, 0.6) is 0 Å².